The second kappa shape index (κ2) is 6.96. The second-order valence-electron chi connectivity index (χ2n) is 6.08. The van der Waals surface area contributed by atoms with Crippen LogP contribution in [0.4, 0.5) is 5.82 Å². The van der Waals surface area contributed by atoms with Crippen LogP contribution < -0.4 is 5.73 Å². The molecule has 1 aromatic carbocycles. The summed E-state index contributed by atoms with van der Waals surface area (Å²) in [7, 11) is 0. The van der Waals surface area contributed by atoms with Crippen LogP contribution >= 0.6 is 0 Å². The molecule has 1 fully saturated rings. The van der Waals surface area contributed by atoms with Crippen LogP contribution in [0.3, 0.4) is 0 Å². The minimum atomic E-state index is -0.995. The number of fused-ring (bicyclic) bond motifs is 1. The monoisotopic (exact) mass is 357 g/mol. The number of aliphatic hydroxyl groups is 2. The van der Waals surface area contributed by atoms with Crippen molar-refractivity contribution in [2.24, 2.45) is 0 Å². The molecule has 26 heavy (non-hydrogen) atoms. The van der Waals surface area contributed by atoms with Gasteiger partial charge in [0.2, 0.25) is 0 Å². The van der Waals surface area contributed by atoms with Crippen molar-refractivity contribution >= 4 is 17.0 Å². The fraction of sp³-hybridized carbons (Fsp3) is 0.353. The van der Waals surface area contributed by atoms with Crippen molar-refractivity contribution in [1.29, 1.82) is 0 Å². The van der Waals surface area contributed by atoms with E-state index in [9.17, 15) is 10.2 Å². The SMILES string of the molecule is Nc1ncnc2c1ncn2[C@@H]1O[C@H](CO)[C@H](O)[C@H]1OCc1ccccc1. The summed E-state index contributed by atoms with van der Waals surface area (Å²) < 4.78 is 13.4. The van der Waals surface area contributed by atoms with Gasteiger partial charge in [0.05, 0.1) is 19.5 Å². The lowest BCUT2D eigenvalue weighted by atomic mass is 10.1. The van der Waals surface area contributed by atoms with E-state index in [4.69, 9.17) is 15.2 Å². The summed E-state index contributed by atoms with van der Waals surface area (Å²) in [6.45, 7) is -0.0308. The summed E-state index contributed by atoms with van der Waals surface area (Å²) in [4.78, 5) is 12.3. The largest absolute Gasteiger partial charge is 0.394 e. The van der Waals surface area contributed by atoms with E-state index in [-0.39, 0.29) is 12.4 Å². The molecule has 0 saturated carbocycles. The Kier molecular flexibility index (Phi) is 4.51. The fourth-order valence-electron chi connectivity index (χ4n) is 3.10. The number of benzene rings is 1. The van der Waals surface area contributed by atoms with Crippen LogP contribution in [0.25, 0.3) is 11.2 Å². The smallest absolute Gasteiger partial charge is 0.167 e. The van der Waals surface area contributed by atoms with Crippen molar-refractivity contribution in [1.82, 2.24) is 19.5 Å². The normalized spacial score (nSPS) is 25.8. The predicted octanol–water partition coefficient (Wildman–Crippen LogP) is 0.244. The topological polar surface area (TPSA) is 129 Å². The lowest BCUT2D eigenvalue weighted by Crippen LogP contribution is -2.35. The van der Waals surface area contributed by atoms with Crippen molar-refractivity contribution in [2.45, 2.75) is 31.1 Å². The molecule has 3 heterocycles. The van der Waals surface area contributed by atoms with Crippen molar-refractivity contribution < 1.29 is 19.7 Å². The molecule has 1 aliphatic heterocycles. The van der Waals surface area contributed by atoms with Gasteiger partial charge in [0, 0.05) is 0 Å². The van der Waals surface area contributed by atoms with Gasteiger partial charge in [-0.3, -0.25) is 4.57 Å². The molecule has 0 spiro atoms. The van der Waals surface area contributed by atoms with Crippen molar-refractivity contribution in [2.75, 3.05) is 12.3 Å². The molecule has 4 rings (SSSR count). The highest BCUT2D eigenvalue weighted by Crippen LogP contribution is 2.34. The molecule has 0 bridgehead atoms. The summed E-state index contributed by atoms with van der Waals surface area (Å²) in [6, 6.07) is 9.61. The molecule has 9 heteroatoms. The zero-order chi connectivity index (χ0) is 18.1. The van der Waals surface area contributed by atoms with E-state index >= 15 is 0 Å². The highest BCUT2D eigenvalue weighted by molar-refractivity contribution is 5.81. The van der Waals surface area contributed by atoms with Crippen molar-refractivity contribution in [3.05, 3.63) is 48.5 Å². The van der Waals surface area contributed by atoms with Gasteiger partial charge in [-0.1, -0.05) is 30.3 Å². The Morgan fingerprint density at radius 1 is 1.19 bits per heavy atom. The Bertz CT molecular complexity index is 887. The standard InChI is InChI=1S/C17H19N5O4/c18-15-12-16(20-8-19-15)22(9-21-12)17-14(13(24)11(6-23)26-17)25-7-10-4-2-1-3-5-10/h1-5,8-9,11,13-14,17,23-24H,6-7H2,(H2,18,19,20)/t11-,13+,14-,17-/m1/s1. The molecule has 2 aromatic heterocycles. The Labute approximate surface area is 149 Å². The summed E-state index contributed by atoms with van der Waals surface area (Å²) in [5.41, 5.74) is 7.71. The van der Waals surface area contributed by atoms with Crippen LogP contribution in [-0.2, 0) is 16.1 Å². The summed E-state index contributed by atoms with van der Waals surface area (Å²) in [5, 5.41) is 20.0. The molecule has 1 aliphatic rings. The minimum absolute atomic E-state index is 0.257. The number of hydrogen-bond acceptors (Lipinski definition) is 8. The maximum absolute atomic E-state index is 10.5. The molecule has 0 aliphatic carbocycles. The second-order valence-corrected chi connectivity index (χ2v) is 6.08. The van der Waals surface area contributed by atoms with Gasteiger partial charge >= 0.3 is 0 Å². The van der Waals surface area contributed by atoms with Crippen molar-refractivity contribution in [3.8, 4) is 0 Å². The lowest BCUT2D eigenvalue weighted by Gasteiger charge is -2.22. The highest BCUT2D eigenvalue weighted by Gasteiger charge is 2.45. The van der Waals surface area contributed by atoms with E-state index in [1.807, 2.05) is 30.3 Å². The number of anilines is 1. The van der Waals surface area contributed by atoms with Gasteiger partial charge < -0.3 is 25.4 Å². The summed E-state index contributed by atoms with van der Waals surface area (Å²) in [6.07, 6.45) is -0.315. The zero-order valence-corrected chi connectivity index (χ0v) is 13.8. The van der Waals surface area contributed by atoms with Crippen LogP contribution in [0, 0.1) is 0 Å². The number of nitrogens with zero attached hydrogens (tertiary/aromatic N) is 4. The molecule has 0 amide bonds. The molecule has 3 aromatic rings. The molecule has 0 unspecified atom stereocenters. The quantitative estimate of drug-likeness (QED) is 0.592. The summed E-state index contributed by atoms with van der Waals surface area (Å²) >= 11 is 0. The molecule has 1 saturated heterocycles. The zero-order valence-electron chi connectivity index (χ0n) is 13.8. The molecule has 9 nitrogen and oxygen atoms in total. The minimum Gasteiger partial charge on any atom is -0.394 e. The van der Waals surface area contributed by atoms with Gasteiger partial charge in [0.1, 0.15) is 30.2 Å². The van der Waals surface area contributed by atoms with Gasteiger partial charge in [0.15, 0.2) is 17.7 Å². The molecular formula is C17H19N5O4. The van der Waals surface area contributed by atoms with Crippen LogP contribution in [0.15, 0.2) is 43.0 Å². The van der Waals surface area contributed by atoms with E-state index in [1.54, 1.807) is 4.57 Å². The van der Waals surface area contributed by atoms with E-state index in [0.717, 1.165) is 5.56 Å². The summed E-state index contributed by atoms with van der Waals surface area (Å²) in [5.74, 6) is 0.257. The van der Waals surface area contributed by atoms with Crippen LogP contribution in [0.1, 0.15) is 11.8 Å². The van der Waals surface area contributed by atoms with E-state index in [2.05, 4.69) is 15.0 Å². The number of nitrogen functional groups attached to an aromatic ring is 1. The third-order valence-corrected chi connectivity index (χ3v) is 4.44. The number of rotatable bonds is 5. The third kappa shape index (κ3) is 2.90. The van der Waals surface area contributed by atoms with E-state index in [0.29, 0.717) is 17.8 Å². The average Bonchev–Trinajstić information content (AvgIpc) is 3.23. The van der Waals surface area contributed by atoms with Gasteiger partial charge in [-0.15, -0.1) is 0 Å². The average molecular weight is 357 g/mol. The van der Waals surface area contributed by atoms with E-state index in [1.165, 1.54) is 12.7 Å². The van der Waals surface area contributed by atoms with Gasteiger partial charge in [-0.05, 0) is 5.56 Å². The Hall–Kier alpha value is -2.59. The molecular weight excluding hydrogens is 338 g/mol. The lowest BCUT2D eigenvalue weighted by molar-refractivity contribution is -0.0761. The molecule has 136 valence electrons. The number of nitrogens with two attached hydrogens (primary N) is 1. The number of ether oxygens (including phenoxy) is 2. The Morgan fingerprint density at radius 3 is 2.77 bits per heavy atom. The molecule has 4 atom stereocenters. The first-order valence-electron chi connectivity index (χ1n) is 8.22. The van der Waals surface area contributed by atoms with Crippen LogP contribution in [0.2, 0.25) is 0 Å². The van der Waals surface area contributed by atoms with Crippen LogP contribution in [0.5, 0.6) is 0 Å². The van der Waals surface area contributed by atoms with E-state index < -0.39 is 24.5 Å². The highest BCUT2D eigenvalue weighted by atomic mass is 16.6. The third-order valence-electron chi connectivity index (χ3n) is 4.44. The van der Waals surface area contributed by atoms with Crippen LogP contribution in [-0.4, -0.2) is 54.7 Å². The van der Waals surface area contributed by atoms with Gasteiger partial charge in [0.25, 0.3) is 0 Å². The first-order chi connectivity index (χ1) is 12.7. The number of aromatic nitrogens is 4. The molecule has 4 N–H and O–H groups in total. The maximum Gasteiger partial charge on any atom is 0.167 e. The first-order valence-corrected chi connectivity index (χ1v) is 8.22. The Morgan fingerprint density at radius 2 is 2.00 bits per heavy atom. The number of hydrogen-bond donors (Lipinski definition) is 3. The first kappa shape index (κ1) is 16.9. The number of imidazole rings is 1. The maximum atomic E-state index is 10.5. The fourth-order valence-corrected chi connectivity index (χ4v) is 3.10. The van der Waals surface area contributed by atoms with Gasteiger partial charge in [-0.2, -0.15) is 0 Å². The predicted molar refractivity (Wildman–Crippen MR) is 91.8 cm³/mol. The number of aliphatic hydroxyl groups excluding tert-OH is 2. The van der Waals surface area contributed by atoms with Gasteiger partial charge in [-0.25, -0.2) is 15.0 Å². The van der Waals surface area contributed by atoms with Crippen molar-refractivity contribution in [3.63, 3.8) is 0 Å². The molecule has 0 radical (unpaired) electrons. The Balaban J connectivity index is 1.64.